The molecule has 1 aromatic heterocycles. The van der Waals surface area contributed by atoms with E-state index in [-0.39, 0.29) is 0 Å². The molecule has 0 unspecified atom stereocenters. The van der Waals surface area contributed by atoms with E-state index in [1.54, 1.807) is 0 Å². The first kappa shape index (κ1) is 10.0. The average molecular weight is 204 g/mol. The molecule has 2 aromatic rings. The minimum absolute atomic E-state index is 0.732. The Balaban J connectivity index is 2.16. The van der Waals surface area contributed by atoms with Gasteiger partial charge in [0, 0.05) is 12.1 Å². The zero-order valence-corrected chi connectivity index (χ0v) is 8.99. The molecule has 15 heavy (non-hydrogen) atoms. The highest BCUT2D eigenvalue weighted by atomic mass is 16.3. The van der Waals surface area contributed by atoms with Crippen LogP contribution in [0.1, 0.15) is 32.1 Å². The Hall–Kier alpha value is -1.51. The van der Waals surface area contributed by atoms with E-state index < -0.39 is 0 Å². The number of fused-ring (bicyclic) bond motifs is 1. The van der Waals surface area contributed by atoms with Crippen molar-refractivity contribution < 1.29 is 4.42 Å². The second kappa shape index (κ2) is 4.34. The number of aromatic nitrogens is 1. The van der Waals surface area contributed by atoms with Crippen LogP contribution in [0.4, 0.5) is 5.69 Å². The number of oxazole rings is 1. The fourth-order valence-electron chi connectivity index (χ4n) is 1.63. The van der Waals surface area contributed by atoms with Gasteiger partial charge in [-0.15, -0.1) is 0 Å². The van der Waals surface area contributed by atoms with E-state index in [0.717, 1.165) is 35.5 Å². The van der Waals surface area contributed by atoms with Gasteiger partial charge in [0.15, 0.2) is 11.5 Å². The largest absolute Gasteiger partial charge is 0.441 e. The van der Waals surface area contributed by atoms with Gasteiger partial charge in [-0.3, -0.25) is 0 Å². The molecule has 0 radical (unpaired) electrons. The summed E-state index contributed by atoms with van der Waals surface area (Å²) in [5, 5.41) is 0. The Morgan fingerprint density at radius 1 is 1.33 bits per heavy atom. The Morgan fingerprint density at radius 2 is 2.20 bits per heavy atom. The van der Waals surface area contributed by atoms with Crippen molar-refractivity contribution in [1.82, 2.24) is 4.98 Å². The van der Waals surface area contributed by atoms with Crippen molar-refractivity contribution in [2.45, 2.75) is 32.6 Å². The standard InChI is InChI=1S/C12H16N2O/c1-2-3-4-5-12-14-10-8-9(13)6-7-11(10)15-12/h6-8H,2-5,13H2,1H3. The highest BCUT2D eigenvalue weighted by Gasteiger charge is 2.04. The van der Waals surface area contributed by atoms with E-state index in [1.807, 2.05) is 18.2 Å². The normalized spacial score (nSPS) is 11.0. The second-order valence-corrected chi connectivity index (χ2v) is 3.79. The lowest BCUT2D eigenvalue weighted by Crippen LogP contribution is -1.84. The van der Waals surface area contributed by atoms with E-state index >= 15 is 0 Å². The molecule has 0 bridgehead atoms. The summed E-state index contributed by atoms with van der Waals surface area (Å²) >= 11 is 0. The molecule has 0 atom stereocenters. The van der Waals surface area contributed by atoms with Gasteiger partial charge in [-0.2, -0.15) is 0 Å². The minimum atomic E-state index is 0.732. The van der Waals surface area contributed by atoms with Crippen LogP contribution >= 0.6 is 0 Å². The molecule has 80 valence electrons. The maximum atomic E-state index is 5.67. The van der Waals surface area contributed by atoms with Gasteiger partial charge in [-0.1, -0.05) is 19.8 Å². The van der Waals surface area contributed by atoms with Crippen molar-refractivity contribution in [2.24, 2.45) is 0 Å². The molecule has 0 fully saturated rings. The summed E-state index contributed by atoms with van der Waals surface area (Å²) in [5.41, 5.74) is 8.10. The molecule has 0 saturated heterocycles. The first-order valence-electron chi connectivity index (χ1n) is 5.44. The second-order valence-electron chi connectivity index (χ2n) is 3.79. The van der Waals surface area contributed by atoms with Crippen molar-refractivity contribution in [3.63, 3.8) is 0 Å². The third kappa shape index (κ3) is 2.29. The highest BCUT2D eigenvalue weighted by Crippen LogP contribution is 2.19. The molecule has 0 aliphatic carbocycles. The van der Waals surface area contributed by atoms with Crippen LogP contribution in [0.3, 0.4) is 0 Å². The van der Waals surface area contributed by atoms with Gasteiger partial charge in [-0.05, 0) is 24.6 Å². The molecular formula is C12H16N2O. The molecule has 3 nitrogen and oxygen atoms in total. The van der Waals surface area contributed by atoms with E-state index in [1.165, 1.54) is 12.8 Å². The summed E-state index contributed by atoms with van der Waals surface area (Å²) in [6, 6.07) is 5.56. The molecule has 2 N–H and O–H groups in total. The molecule has 2 rings (SSSR count). The quantitative estimate of drug-likeness (QED) is 0.614. The van der Waals surface area contributed by atoms with E-state index in [2.05, 4.69) is 11.9 Å². The molecule has 1 aromatic carbocycles. The fourth-order valence-corrected chi connectivity index (χ4v) is 1.63. The summed E-state index contributed by atoms with van der Waals surface area (Å²) in [5.74, 6) is 0.823. The Kier molecular flexibility index (Phi) is 2.90. The maximum Gasteiger partial charge on any atom is 0.195 e. The van der Waals surface area contributed by atoms with Crippen LogP contribution in [0.5, 0.6) is 0 Å². The molecule has 1 heterocycles. The SMILES string of the molecule is CCCCCc1nc2cc(N)ccc2o1. The summed E-state index contributed by atoms with van der Waals surface area (Å²) < 4.78 is 5.60. The molecule has 3 heteroatoms. The van der Waals surface area contributed by atoms with Gasteiger partial charge in [0.2, 0.25) is 0 Å². The topological polar surface area (TPSA) is 52.0 Å². The highest BCUT2D eigenvalue weighted by molar-refractivity contribution is 5.76. The monoisotopic (exact) mass is 204 g/mol. The maximum absolute atomic E-state index is 5.67. The minimum Gasteiger partial charge on any atom is -0.441 e. The molecule has 0 saturated carbocycles. The lowest BCUT2D eigenvalue weighted by Gasteiger charge is -1.92. The van der Waals surface area contributed by atoms with Crippen molar-refractivity contribution >= 4 is 16.8 Å². The number of rotatable bonds is 4. The van der Waals surface area contributed by atoms with Crippen LogP contribution in [0, 0.1) is 0 Å². The predicted molar refractivity (Wildman–Crippen MR) is 61.7 cm³/mol. The van der Waals surface area contributed by atoms with Crippen LogP contribution in [0.25, 0.3) is 11.1 Å². The van der Waals surface area contributed by atoms with Crippen LogP contribution in [0.15, 0.2) is 22.6 Å². The van der Waals surface area contributed by atoms with E-state index in [0.29, 0.717) is 0 Å². The van der Waals surface area contributed by atoms with Crippen molar-refractivity contribution in [1.29, 1.82) is 0 Å². The zero-order valence-electron chi connectivity index (χ0n) is 8.99. The predicted octanol–water partition coefficient (Wildman–Crippen LogP) is 3.14. The van der Waals surface area contributed by atoms with Gasteiger partial charge in [0.05, 0.1) is 0 Å². The Bertz CT molecular complexity index is 448. The first-order chi connectivity index (χ1) is 7.29. The van der Waals surface area contributed by atoms with E-state index in [4.69, 9.17) is 10.2 Å². The zero-order chi connectivity index (χ0) is 10.7. The number of nitrogens with zero attached hydrogens (tertiary/aromatic N) is 1. The number of nitrogen functional groups attached to an aromatic ring is 1. The summed E-state index contributed by atoms with van der Waals surface area (Å²) in [6.07, 6.45) is 4.50. The van der Waals surface area contributed by atoms with Crippen molar-refractivity contribution in [3.8, 4) is 0 Å². The number of unbranched alkanes of at least 4 members (excludes halogenated alkanes) is 2. The van der Waals surface area contributed by atoms with Gasteiger partial charge < -0.3 is 10.2 Å². The van der Waals surface area contributed by atoms with Crippen LogP contribution in [0.2, 0.25) is 0 Å². The lowest BCUT2D eigenvalue weighted by molar-refractivity contribution is 0.513. The van der Waals surface area contributed by atoms with Gasteiger partial charge in [-0.25, -0.2) is 4.98 Å². The summed E-state index contributed by atoms with van der Waals surface area (Å²) in [4.78, 5) is 4.40. The Morgan fingerprint density at radius 3 is 3.00 bits per heavy atom. The van der Waals surface area contributed by atoms with Gasteiger partial charge in [0.1, 0.15) is 5.52 Å². The third-order valence-electron chi connectivity index (χ3n) is 2.45. The average Bonchev–Trinajstić information content (AvgIpc) is 2.60. The fraction of sp³-hybridized carbons (Fsp3) is 0.417. The van der Waals surface area contributed by atoms with Gasteiger partial charge >= 0.3 is 0 Å². The van der Waals surface area contributed by atoms with Gasteiger partial charge in [0.25, 0.3) is 0 Å². The third-order valence-corrected chi connectivity index (χ3v) is 2.45. The number of nitrogens with two attached hydrogens (primary N) is 1. The molecular weight excluding hydrogens is 188 g/mol. The van der Waals surface area contributed by atoms with Crippen LogP contribution in [-0.4, -0.2) is 4.98 Å². The molecule has 0 aliphatic rings. The van der Waals surface area contributed by atoms with Crippen molar-refractivity contribution in [2.75, 3.05) is 5.73 Å². The van der Waals surface area contributed by atoms with E-state index in [9.17, 15) is 0 Å². The van der Waals surface area contributed by atoms with Crippen LogP contribution < -0.4 is 5.73 Å². The number of aryl methyl sites for hydroxylation is 1. The molecule has 0 spiro atoms. The number of hydrogen-bond donors (Lipinski definition) is 1. The number of benzene rings is 1. The smallest absolute Gasteiger partial charge is 0.195 e. The first-order valence-corrected chi connectivity index (χ1v) is 5.44. The lowest BCUT2D eigenvalue weighted by atomic mass is 10.2. The number of hydrogen-bond acceptors (Lipinski definition) is 3. The molecule has 0 aliphatic heterocycles. The van der Waals surface area contributed by atoms with Crippen molar-refractivity contribution in [3.05, 3.63) is 24.1 Å². The summed E-state index contributed by atoms with van der Waals surface area (Å²) in [7, 11) is 0. The summed E-state index contributed by atoms with van der Waals surface area (Å²) in [6.45, 7) is 2.19. The number of anilines is 1. The van der Waals surface area contributed by atoms with Crippen LogP contribution in [-0.2, 0) is 6.42 Å². The Labute approximate surface area is 89.3 Å². The molecule has 0 amide bonds.